The summed E-state index contributed by atoms with van der Waals surface area (Å²) in [6, 6.07) is 16.5. The van der Waals surface area contributed by atoms with E-state index in [1.807, 2.05) is 24.3 Å². The molecule has 0 nitrogen and oxygen atoms in total. The van der Waals surface area contributed by atoms with E-state index in [1.165, 1.54) is 21.5 Å². The van der Waals surface area contributed by atoms with Crippen molar-refractivity contribution in [1.82, 2.24) is 0 Å². The lowest BCUT2D eigenvalue weighted by Gasteiger charge is -2.14. The quantitative estimate of drug-likeness (QED) is 0.321. The van der Waals surface area contributed by atoms with Crippen LogP contribution in [0.5, 0.6) is 0 Å². The van der Waals surface area contributed by atoms with Crippen LogP contribution in [-0.2, 0) is 6.04 Å². The van der Waals surface area contributed by atoms with Crippen LogP contribution < -0.4 is 0 Å². The van der Waals surface area contributed by atoms with Gasteiger partial charge in [-0.1, -0.05) is 48.5 Å². The summed E-state index contributed by atoms with van der Waals surface area (Å²) in [5, 5.41) is 4.75. The average molecular weight is 326 g/mol. The molecular weight excluding hydrogens is 315 g/mol. The van der Waals surface area contributed by atoms with Crippen molar-refractivity contribution >= 4 is 60.8 Å². The van der Waals surface area contributed by atoms with Gasteiger partial charge in [-0.25, -0.2) is 0 Å². The topological polar surface area (TPSA) is 0 Å². The fraction of sp³-hybridized carbons (Fsp3) is 0.0667. The fourth-order valence-electron chi connectivity index (χ4n) is 2.50. The molecule has 0 fully saturated rings. The molecule has 0 atom stereocenters. The summed E-state index contributed by atoms with van der Waals surface area (Å²) in [7, 11) is 0. The molecule has 3 aromatic carbocycles. The van der Waals surface area contributed by atoms with Crippen molar-refractivity contribution in [1.29, 1.82) is 0 Å². The van der Waals surface area contributed by atoms with Gasteiger partial charge in [0, 0.05) is 6.04 Å². The molecule has 0 saturated carbocycles. The Morgan fingerprint density at radius 2 is 1.21 bits per heavy atom. The van der Waals surface area contributed by atoms with Crippen molar-refractivity contribution < 1.29 is 0 Å². The number of rotatable bonds is 2. The van der Waals surface area contributed by atoms with E-state index in [0.717, 1.165) is 5.56 Å². The molecule has 0 aliphatic carbocycles. The molecular formula is C15H11Cl3Si. The molecule has 0 aromatic heterocycles. The molecule has 19 heavy (non-hydrogen) atoms. The summed E-state index contributed by atoms with van der Waals surface area (Å²) in [6.07, 6.45) is 0. The third-order valence-electron chi connectivity index (χ3n) is 3.26. The first kappa shape index (κ1) is 13.3. The van der Waals surface area contributed by atoms with Crippen molar-refractivity contribution in [3.63, 3.8) is 0 Å². The molecule has 0 N–H and O–H groups in total. The molecule has 0 aliphatic rings. The highest BCUT2D eigenvalue weighted by Crippen LogP contribution is 2.34. The first-order valence-electron chi connectivity index (χ1n) is 6.01. The van der Waals surface area contributed by atoms with Crippen molar-refractivity contribution in [3.05, 3.63) is 60.2 Å². The monoisotopic (exact) mass is 324 g/mol. The molecule has 0 spiro atoms. The SMILES string of the molecule is Cl[Si](Cl)(Cl)Cc1c2ccccc2cc2ccccc12. The predicted molar refractivity (Wildman–Crippen MR) is 88.5 cm³/mol. The van der Waals surface area contributed by atoms with Gasteiger partial charge in [0.1, 0.15) is 0 Å². The third kappa shape index (κ3) is 2.75. The molecule has 0 aliphatic heterocycles. The molecule has 3 aromatic rings. The highest BCUT2D eigenvalue weighted by atomic mass is 35.8. The third-order valence-corrected chi connectivity index (χ3v) is 5.22. The minimum Gasteiger partial charge on any atom is -0.126 e. The van der Waals surface area contributed by atoms with Crippen LogP contribution in [0.15, 0.2) is 54.6 Å². The van der Waals surface area contributed by atoms with E-state index in [1.54, 1.807) is 0 Å². The van der Waals surface area contributed by atoms with Crippen molar-refractivity contribution in [2.75, 3.05) is 0 Å². The highest BCUT2D eigenvalue weighted by molar-refractivity contribution is 7.64. The second kappa shape index (κ2) is 4.99. The number of fused-ring (bicyclic) bond motifs is 2. The second-order valence-corrected chi connectivity index (χ2v) is 13.7. The Hall–Kier alpha value is -0.733. The predicted octanol–water partition coefficient (Wildman–Crippen LogP) is 5.73. The van der Waals surface area contributed by atoms with Gasteiger partial charge in [-0.05, 0) is 33.2 Å². The van der Waals surface area contributed by atoms with E-state index in [4.69, 9.17) is 33.2 Å². The molecule has 4 heteroatoms. The molecule has 0 amide bonds. The molecule has 0 unspecified atom stereocenters. The van der Waals surface area contributed by atoms with E-state index in [-0.39, 0.29) is 0 Å². The van der Waals surface area contributed by atoms with E-state index >= 15 is 0 Å². The number of benzene rings is 3. The Morgan fingerprint density at radius 3 is 1.68 bits per heavy atom. The van der Waals surface area contributed by atoms with E-state index in [2.05, 4.69) is 30.3 Å². The number of hydrogen-bond acceptors (Lipinski definition) is 0. The highest BCUT2D eigenvalue weighted by Gasteiger charge is 2.27. The fourth-order valence-corrected chi connectivity index (χ4v) is 4.48. The van der Waals surface area contributed by atoms with Crippen LogP contribution in [0.4, 0.5) is 0 Å². The second-order valence-electron chi connectivity index (χ2n) is 4.59. The normalized spacial score (nSPS) is 12.2. The Labute approximate surface area is 127 Å². The maximum Gasteiger partial charge on any atom is 0.345 e. The lowest BCUT2D eigenvalue weighted by Crippen LogP contribution is -2.14. The van der Waals surface area contributed by atoms with Gasteiger partial charge in [0.25, 0.3) is 0 Å². The summed E-state index contributed by atoms with van der Waals surface area (Å²) < 4.78 is 0. The Bertz CT molecular complexity index is 693. The molecule has 0 saturated heterocycles. The molecule has 3 rings (SSSR count). The van der Waals surface area contributed by atoms with Gasteiger partial charge < -0.3 is 0 Å². The zero-order valence-electron chi connectivity index (χ0n) is 10.0. The van der Waals surface area contributed by atoms with Crippen LogP contribution in [0.25, 0.3) is 21.5 Å². The summed E-state index contributed by atoms with van der Waals surface area (Å²) in [5.41, 5.74) is 1.15. The smallest absolute Gasteiger partial charge is 0.126 e. The molecule has 0 radical (unpaired) electrons. The number of hydrogen-bond donors (Lipinski definition) is 0. The Kier molecular flexibility index (Phi) is 3.48. The van der Waals surface area contributed by atoms with Gasteiger partial charge in [-0.15, -0.1) is 33.2 Å². The zero-order chi connectivity index (χ0) is 13.5. The summed E-state index contributed by atoms with van der Waals surface area (Å²) >= 11 is 18.4. The van der Waals surface area contributed by atoms with Crippen LogP contribution in [-0.4, -0.2) is 6.00 Å². The first-order chi connectivity index (χ1) is 9.04. The van der Waals surface area contributed by atoms with E-state index in [9.17, 15) is 0 Å². The minimum atomic E-state index is -2.72. The molecule has 0 heterocycles. The van der Waals surface area contributed by atoms with Gasteiger partial charge in [-0.3, -0.25) is 0 Å². The Morgan fingerprint density at radius 1 is 0.737 bits per heavy atom. The molecule has 96 valence electrons. The zero-order valence-corrected chi connectivity index (χ0v) is 13.3. The van der Waals surface area contributed by atoms with Crippen LogP contribution in [0.1, 0.15) is 5.56 Å². The lowest BCUT2D eigenvalue weighted by atomic mass is 9.98. The van der Waals surface area contributed by atoms with Crippen molar-refractivity contribution in [3.8, 4) is 0 Å². The summed E-state index contributed by atoms with van der Waals surface area (Å²) in [5.74, 6) is 0. The Balaban J connectivity index is 2.39. The first-order valence-corrected chi connectivity index (χ1v) is 11.2. The molecule has 0 bridgehead atoms. The number of halogens is 3. The maximum atomic E-state index is 6.14. The largest absolute Gasteiger partial charge is 0.345 e. The standard InChI is InChI=1S/C15H11Cl3Si/c16-19(17,18)10-15-13-7-3-1-5-11(13)9-12-6-2-4-8-14(12)15/h1-9H,10H2. The van der Waals surface area contributed by atoms with Crippen LogP contribution in [0.2, 0.25) is 0 Å². The van der Waals surface area contributed by atoms with Crippen LogP contribution >= 0.6 is 33.2 Å². The van der Waals surface area contributed by atoms with Crippen LogP contribution in [0.3, 0.4) is 0 Å². The lowest BCUT2D eigenvalue weighted by molar-refractivity contribution is 1.47. The van der Waals surface area contributed by atoms with Gasteiger partial charge in [0.05, 0.1) is 0 Å². The van der Waals surface area contributed by atoms with E-state index in [0.29, 0.717) is 6.04 Å². The minimum absolute atomic E-state index is 0.541. The van der Waals surface area contributed by atoms with Gasteiger partial charge in [0.2, 0.25) is 0 Å². The van der Waals surface area contributed by atoms with Gasteiger partial charge in [-0.2, -0.15) is 0 Å². The maximum absolute atomic E-state index is 6.14. The van der Waals surface area contributed by atoms with Crippen molar-refractivity contribution in [2.24, 2.45) is 0 Å². The van der Waals surface area contributed by atoms with Crippen LogP contribution in [0, 0.1) is 0 Å². The summed E-state index contributed by atoms with van der Waals surface area (Å²) in [6.45, 7) is 0. The van der Waals surface area contributed by atoms with Gasteiger partial charge in [0.15, 0.2) is 0 Å². The van der Waals surface area contributed by atoms with Crippen molar-refractivity contribution in [2.45, 2.75) is 6.04 Å². The average Bonchev–Trinajstić information content (AvgIpc) is 2.37. The van der Waals surface area contributed by atoms with Gasteiger partial charge >= 0.3 is 6.00 Å². The summed E-state index contributed by atoms with van der Waals surface area (Å²) in [4.78, 5) is 0. The van der Waals surface area contributed by atoms with E-state index < -0.39 is 6.00 Å².